The van der Waals surface area contributed by atoms with E-state index >= 15 is 0 Å². The molecule has 2 aliphatic rings. The third kappa shape index (κ3) is 8.26. The number of piperidine rings is 2. The maximum atomic E-state index is 12.3. The third-order valence-corrected chi connectivity index (χ3v) is 5.80. The summed E-state index contributed by atoms with van der Waals surface area (Å²) < 4.78 is 65.5. The van der Waals surface area contributed by atoms with Gasteiger partial charge in [0.05, 0.1) is 11.0 Å². The summed E-state index contributed by atoms with van der Waals surface area (Å²) in [5.74, 6) is -5.51. The van der Waals surface area contributed by atoms with E-state index in [1.54, 1.807) is 0 Å². The van der Waals surface area contributed by atoms with Crippen LogP contribution in [-0.4, -0.2) is 81.2 Å². The number of carbonyl (C=O) groups is 2. The van der Waals surface area contributed by atoms with E-state index in [4.69, 9.17) is 19.8 Å². The van der Waals surface area contributed by atoms with Gasteiger partial charge < -0.3 is 25.4 Å². The second-order valence-corrected chi connectivity index (χ2v) is 8.17. The van der Waals surface area contributed by atoms with Crippen molar-refractivity contribution >= 4 is 23.0 Å². The molecule has 202 valence electrons. The average molecular weight is 528 g/mol. The molecule has 3 heterocycles. The van der Waals surface area contributed by atoms with Gasteiger partial charge in [-0.3, -0.25) is 4.57 Å². The van der Waals surface area contributed by atoms with Crippen molar-refractivity contribution in [3.63, 3.8) is 0 Å². The number of benzene rings is 1. The molecule has 1 aromatic heterocycles. The van der Waals surface area contributed by atoms with Crippen LogP contribution < -0.4 is 11.0 Å². The van der Waals surface area contributed by atoms with Gasteiger partial charge in [-0.15, -0.1) is 0 Å². The van der Waals surface area contributed by atoms with E-state index in [2.05, 4.69) is 15.2 Å². The molecule has 4 N–H and O–H groups in total. The van der Waals surface area contributed by atoms with Gasteiger partial charge >= 0.3 is 30.0 Å². The van der Waals surface area contributed by atoms with E-state index in [0.29, 0.717) is 6.04 Å². The molecule has 0 saturated carbocycles. The van der Waals surface area contributed by atoms with Crippen molar-refractivity contribution in [1.29, 1.82) is 0 Å². The lowest BCUT2D eigenvalue weighted by Gasteiger charge is -2.39. The molecule has 2 aromatic rings. The Morgan fingerprint density at radius 3 is 1.78 bits per heavy atom. The lowest BCUT2D eigenvalue weighted by molar-refractivity contribution is -0.193. The summed E-state index contributed by atoms with van der Waals surface area (Å²) in [6.45, 7) is 4.52. The topological polar surface area (TPSA) is 128 Å². The van der Waals surface area contributed by atoms with Crippen LogP contribution in [0, 0.1) is 0 Å². The Morgan fingerprint density at radius 1 is 0.833 bits per heavy atom. The number of likely N-dealkylation sites (tertiary alicyclic amines) is 1. The number of hydrogen-bond donors (Lipinski definition) is 4. The van der Waals surface area contributed by atoms with Gasteiger partial charge in [-0.05, 0) is 50.9 Å². The quantitative estimate of drug-likeness (QED) is 0.442. The number of H-pyrrole nitrogens is 1. The molecule has 2 fully saturated rings. The number of nitrogens with one attached hydrogen (secondary N) is 2. The monoisotopic (exact) mass is 528 g/mol. The number of rotatable bonds is 2. The predicted octanol–water partition coefficient (Wildman–Crippen LogP) is 2.99. The first kappa shape index (κ1) is 29.2. The molecule has 0 unspecified atom stereocenters. The highest BCUT2D eigenvalue weighted by molar-refractivity contribution is 5.75. The number of hydrogen-bond acceptors (Lipinski definition) is 5. The Balaban J connectivity index is 0.000000271. The SMILES string of the molecule is O=C(O)C(F)(F)F.O=C(O)C(F)(F)F.O=c1[nH]c2ccccc2n1C1CCN(C2CCNCC2)CC1. The van der Waals surface area contributed by atoms with Gasteiger partial charge in [0.1, 0.15) is 0 Å². The van der Waals surface area contributed by atoms with Gasteiger partial charge in [-0.25, -0.2) is 14.4 Å². The standard InChI is InChI=1S/C17H24N4O.2C2HF3O2/c22-17-19-15-3-1-2-4-16(15)21(17)14-7-11-20(12-8-14)13-5-9-18-10-6-13;2*3-2(4,5)1(6)7/h1-4,13-14,18H,5-12H2,(H,19,22);2*(H,6,7). The molecule has 0 radical (unpaired) electrons. The Morgan fingerprint density at radius 2 is 1.31 bits per heavy atom. The molecule has 0 atom stereocenters. The number of nitrogens with zero attached hydrogens (tertiary/aromatic N) is 2. The number of para-hydroxylation sites is 2. The maximum Gasteiger partial charge on any atom is 0.490 e. The van der Waals surface area contributed by atoms with Crippen LogP contribution in [0.25, 0.3) is 11.0 Å². The Kier molecular flexibility index (Phi) is 9.93. The van der Waals surface area contributed by atoms with Crippen LogP contribution in [0.3, 0.4) is 0 Å². The third-order valence-electron chi connectivity index (χ3n) is 5.80. The molecule has 0 amide bonds. The van der Waals surface area contributed by atoms with Crippen molar-refractivity contribution in [2.45, 2.75) is 50.1 Å². The normalized spacial score (nSPS) is 18.1. The number of fused-ring (bicyclic) bond motifs is 1. The lowest BCUT2D eigenvalue weighted by Crippen LogP contribution is -2.47. The van der Waals surface area contributed by atoms with Crippen LogP contribution in [0.4, 0.5) is 26.3 Å². The predicted molar refractivity (Wildman–Crippen MR) is 116 cm³/mol. The van der Waals surface area contributed by atoms with Crippen LogP contribution >= 0.6 is 0 Å². The minimum atomic E-state index is -5.08. The Bertz CT molecular complexity index is 1040. The molecule has 0 aliphatic carbocycles. The molecule has 36 heavy (non-hydrogen) atoms. The molecule has 0 spiro atoms. The summed E-state index contributed by atoms with van der Waals surface area (Å²) >= 11 is 0. The van der Waals surface area contributed by atoms with Crippen molar-refractivity contribution in [1.82, 2.24) is 19.8 Å². The number of imidazole rings is 1. The summed E-state index contributed by atoms with van der Waals surface area (Å²) in [5.41, 5.74) is 2.04. The fourth-order valence-electron chi connectivity index (χ4n) is 4.12. The van der Waals surface area contributed by atoms with Crippen LogP contribution in [0.15, 0.2) is 29.1 Å². The average Bonchev–Trinajstić information content (AvgIpc) is 3.15. The van der Waals surface area contributed by atoms with Crippen molar-refractivity contribution in [2.75, 3.05) is 26.2 Å². The summed E-state index contributed by atoms with van der Waals surface area (Å²) in [6, 6.07) is 9.09. The molecule has 2 aliphatic heterocycles. The number of aromatic amines is 1. The second kappa shape index (κ2) is 12.3. The Labute approximate surface area is 200 Å². The van der Waals surface area contributed by atoms with Crippen LogP contribution in [0.5, 0.6) is 0 Å². The van der Waals surface area contributed by atoms with Crippen molar-refractivity contribution in [3.8, 4) is 0 Å². The zero-order valence-electron chi connectivity index (χ0n) is 18.9. The van der Waals surface area contributed by atoms with E-state index in [1.165, 1.54) is 12.8 Å². The molecule has 0 bridgehead atoms. The first-order valence-corrected chi connectivity index (χ1v) is 11.0. The highest BCUT2D eigenvalue weighted by Gasteiger charge is 2.39. The minimum Gasteiger partial charge on any atom is -0.475 e. The fourth-order valence-corrected chi connectivity index (χ4v) is 4.12. The van der Waals surface area contributed by atoms with E-state index in [-0.39, 0.29) is 5.69 Å². The highest BCUT2D eigenvalue weighted by Crippen LogP contribution is 2.27. The lowest BCUT2D eigenvalue weighted by atomic mass is 9.98. The molecule has 15 heteroatoms. The van der Waals surface area contributed by atoms with Gasteiger partial charge in [0.15, 0.2) is 0 Å². The molecular formula is C21H26F6N4O5. The Hall–Kier alpha value is -3.07. The van der Waals surface area contributed by atoms with E-state index in [0.717, 1.165) is 56.1 Å². The second-order valence-electron chi connectivity index (χ2n) is 8.17. The van der Waals surface area contributed by atoms with Crippen LogP contribution in [0.2, 0.25) is 0 Å². The molecule has 1 aromatic carbocycles. The largest absolute Gasteiger partial charge is 0.490 e. The number of aromatic nitrogens is 2. The van der Waals surface area contributed by atoms with Crippen LogP contribution in [-0.2, 0) is 9.59 Å². The van der Waals surface area contributed by atoms with Crippen molar-refractivity contribution in [3.05, 3.63) is 34.7 Å². The number of halogens is 6. The van der Waals surface area contributed by atoms with Crippen LogP contribution in [0.1, 0.15) is 31.7 Å². The zero-order chi connectivity index (χ0) is 27.1. The molecule has 4 rings (SSSR count). The van der Waals surface area contributed by atoms with Crippen molar-refractivity contribution in [2.24, 2.45) is 0 Å². The van der Waals surface area contributed by atoms with Gasteiger partial charge in [-0.2, -0.15) is 26.3 Å². The van der Waals surface area contributed by atoms with Gasteiger partial charge in [-0.1, -0.05) is 12.1 Å². The van der Waals surface area contributed by atoms with Gasteiger partial charge in [0, 0.05) is 25.2 Å². The molecule has 2 saturated heterocycles. The first-order valence-electron chi connectivity index (χ1n) is 11.0. The summed E-state index contributed by atoms with van der Waals surface area (Å²) in [5, 5.41) is 17.7. The van der Waals surface area contributed by atoms with E-state index in [1.807, 2.05) is 28.8 Å². The number of carboxylic acid groups (broad SMARTS) is 2. The zero-order valence-corrected chi connectivity index (χ0v) is 18.9. The molecular weight excluding hydrogens is 502 g/mol. The minimum absolute atomic E-state index is 0.0431. The summed E-state index contributed by atoms with van der Waals surface area (Å²) in [4.78, 5) is 35.7. The fraction of sp³-hybridized carbons (Fsp3) is 0.571. The van der Waals surface area contributed by atoms with E-state index < -0.39 is 24.3 Å². The first-order chi connectivity index (χ1) is 16.7. The smallest absolute Gasteiger partial charge is 0.475 e. The van der Waals surface area contributed by atoms with Crippen molar-refractivity contribution < 1.29 is 46.1 Å². The van der Waals surface area contributed by atoms with E-state index in [9.17, 15) is 31.1 Å². The van der Waals surface area contributed by atoms with Gasteiger partial charge in [0.2, 0.25) is 0 Å². The number of alkyl halides is 6. The summed E-state index contributed by atoms with van der Waals surface area (Å²) in [6.07, 6.45) is -5.49. The highest BCUT2D eigenvalue weighted by atomic mass is 19.4. The number of aliphatic carboxylic acids is 2. The molecule has 9 nitrogen and oxygen atoms in total. The summed E-state index contributed by atoms with van der Waals surface area (Å²) in [7, 11) is 0. The van der Waals surface area contributed by atoms with Gasteiger partial charge in [0.25, 0.3) is 0 Å². The maximum absolute atomic E-state index is 12.3. The number of carboxylic acids is 2.